The number of nitrogens with one attached hydrogen (secondary N) is 2. The first kappa shape index (κ1) is 19.8. The predicted octanol–water partition coefficient (Wildman–Crippen LogP) is 2.19. The number of carbonyl (C=O) groups excluding carboxylic acids is 1. The number of H-pyrrole nitrogens is 1. The Labute approximate surface area is 165 Å². The van der Waals surface area contributed by atoms with Crippen molar-refractivity contribution in [2.75, 3.05) is 38.3 Å². The smallest absolute Gasteiger partial charge is 0.268 e. The number of thioether (sulfide) groups is 1. The molecular formula is C18H20N6O3S. The zero-order valence-corrected chi connectivity index (χ0v) is 16.3. The molecule has 10 heteroatoms. The Morgan fingerprint density at radius 2 is 2.07 bits per heavy atom. The van der Waals surface area contributed by atoms with Gasteiger partial charge in [0.25, 0.3) is 11.5 Å². The van der Waals surface area contributed by atoms with Gasteiger partial charge in [-0.1, -0.05) is 23.9 Å². The van der Waals surface area contributed by atoms with Gasteiger partial charge in [0.15, 0.2) is 10.7 Å². The van der Waals surface area contributed by atoms with Crippen LogP contribution in [-0.4, -0.2) is 58.8 Å². The number of aromatic nitrogens is 2. The maximum absolute atomic E-state index is 12.4. The summed E-state index contributed by atoms with van der Waals surface area (Å²) in [5.41, 5.74) is 1.02. The molecule has 9 nitrogen and oxygen atoms in total. The summed E-state index contributed by atoms with van der Waals surface area (Å²) in [5, 5.41) is 20.8. The van der Waals surface area contributed by atoms with Gasteiger partial charge in [0.1, 0.15) is 0 Å². The van der Waals surface area contributed by atoms with E-state index in [9.17, 15) is 14.7 Å². The minimum atomic E-state index is -0.733. The zero-order valence-electron chi connectivity index (χ0n) is 15.5. The lowest BCUT2D eigenvalue weighted by Crippen LogP contribution is -2.24. The summed E-state index contributed by atoms with van der Waals surface area (Å²) >= 11 is 1.29. The van der Waals surface area contributed by atoms with Gasteiger partial charge in [-0.25, -0.2) is 0 Å². The van der Waals surface area contributed by atoms with Crippen LogP contribution in [0.3, 0.4) is 0 Å². The van der Waals surface area contributed by atoms with Crippen LogP contribution in [0.1, 0.15) is 15.9 Å². The van der Waals surface area contributed by atoms with E-state index in [0.29, 0.717) is 18.0 Å². The van der Waals surface area contributed by atoms with Crippen LogP contribution in [0.25, 0.3) is 5.70 Å². The van der Waals surface area contributed by atoms with Crippen LogP contribution < -0.4 is 10.9 Å². The molecule has 1 aromatic carbocycles. The average molecular weight is 400 g/mol. The first-order chi connectivity index (χ1) is 13.4. The van der Waals surface area contributed by atoms with E-state index < -0.39 is 22.9 Å². The molecular weight excluding hydrogens is 380 g/mol. The summed E-state index contributed by atoms with van der Waals surface area (Å²) < 4.78 is 0. The molecule has 3 N–H and O–H groups in total. The van der Waals surface area contributed by atoms with Crippen molar-refractivity contribution >= 4 is 29.1 Å². The molecule has 0 fully saturated rings. The summed E-state index contributed by atoms with van der Waals surface area (Å²) in [6.07, 6.45) is 1.90. The molecule has 3 rings (SSSR count). The van der Waals surface area contributed by atoms with Gasteiger partial charge in [-0.2, -0.15) is 15.2 Å². The first-order valence-corrected chi connectivity index (χ1v) is 9.53. The van der Waals surface area contributed by atoms with Crippen molar-refractivity contribution in [1.82, 2.24) is 14.9 Å². The third-order valence-electron chi connectivity index (χ3n) is 3.87. The summed E-state index contributed by atoms with van der Waals surface area (Å²) in [6, 6.07) is 6.95. The molecule has 0 saturated carbocycles. The van der Waals surface area contributed by atoms with Gasteiger partial charge in [-0.3, -0.25) is 9.59 Å². The quantitative estimate of drug-likeness (QED) is 0.484. The second-order valence-corrected chi connectivity index (χ2v) is 7.35. The van der Waals surface area contributed by atoms with Crippen molar-refractivity contribution in [2.45, 2.75) is 5.16 Å². The molecule has 28 heavy (non-hydrogen) atoms. The van der Waals surface area contributed by atoms with E-state index in [2.05, 4.69) is 25.5 Å². The van der Waals surface area contributed by atoms with Crippen LogP contribution in [0.2, 0.25) is 0 Å². The van der Waals surface area contributed by atoms with Gasteiger partial charge in [0.05, 0.1) is 12.2 Å². The fourth-order valence-corrected chi connectivity index (χ4v) is 3.38. The number of rotatable bonds is 7. The lowest BCUT2D eigenvalue weighted by molar-refractivity contribution is 0.102. The lowest BCUT2D eigenvalue weighted by atomic mass is 10.1. The molecule has 0 atom stereocenters. The number of carbonyl (C=O) groups is 1. The van der Waals surface area contributed by atoms with Gasteiger partial charge in [-0.15, -0.1) is 0 Å². The lowest BCUT2D eigenvalue weighted by Gasteiger charge is -2.09. The molecule has 0 saturated heterocycles. The number of anilines is 1. The van der Waals surface area contributed by atoms with E-state index in [1.807, 2.05) is 25.1 Å². The molecule has 0 aliphatic carbocycles. The van der Waals surface area contributed by atoms with Crippen LogP contribution in [0.4, 0.5) is 5.69 Å². The fourth-order valence-electron chi connectivity index (χ4n) is 2.42. The molecule has 1 aliphatic heterocycles. The predicted molar refractivity (Wildman–Crippen MR) is 108 cm³/mol. The molecule has 2 heterocycles. The number of hydrogen-bond donors (Lipinski definition) is 3. The van der Waals surface area contributed by atoms with E-state index in [1.54, 1.807) is 24.3 Å². The topological polar surface area (TPSA) is 123 Å². The third kappa shape index (κ3) is 4.84. The highest BCUT2D eigenvalue weighted by molar-refractivity contribution is 7.99. The maximum Gasteiger partial charge on any atom is 0.268 e. The van der Waals surface area contributed by atoms with Crippen LogP contribution in [0.5, 0.6) is 5.88 Å². The van der Waals surface area contributed by atoms with Crippen molar-refractivity contribution in [3.63, 3.8) is 0 Å². The molecule has 146 valence electrons. The van der Waals surface area contributed by atoms with E-state index in [-0.39, 0.29) is 5.16 Å². The minimum absolute atomic E-state index is 0.268. The van der Waals surface area contributed by atoms with Gasteiger partial charge in [0, 0.05) is 23.5 Å². The summed E-state index contributed by atoms with van der Waals surface area (Å²) in [5.74, 6) is -0.645. The van der Waals surface area contributed by atoms with Crippen LogP contribution >= 0.6 is 11.8 Å². The Balaban J connectivity index is 1.70. The standard InChI is InChI=1S/C18H20N6O3S/c1-24(2)9-10-28-18-21-16(26)14(17(27)22-18)15(25)20-12-5-3-11(4-6-12)13-7-8-19-23-13/h3-7H,8-10H2,1-2H3,(H,20,25)(H2,21,22,26,27). The zero-order chi connectivity index (χ0) is 20.1. The minimum Gasteiger partial charge on any atom is -0.493 e. The van der Waals surface area contributed by atoms with Gasteiger partial charge in [0.2, 0.25) is 5.88 Å². The summed E-state index contributed by atoms with van der Waals surface area (Å²) in [4.78, 5) is 33.1. The number of nitrogens with zero attached hydrogens (tertiary/aromatic N) is 4. The molecule has 1 amide bonds. The summed E-state index contributed by atoms with van der Waals surface area (Å²) in [7, 11) is 3.87. The highest BCUT2D eigenvalue weighted by Gasteiger charge is 2.19. The highest BCUT2D eigenvalue weighted by Crippen LogP contribution is 2.22. The molecule has 0 spiro atoms. The number of azo groups is 1. The molecule has 1 aliphatic rings. The van der Waals surface area contributed by atoms with Crippen LogP contribution in [-0.2, 0) is 0 Å². The number of hydrogen-bond acceptors (Lipinski definition) is 8. The first-order valence-electron chi connectivity index (χ1n) is 8.54. The van der Waals surface area contributed by atoms with Crippen molar-refractivity contribution in [3.05, 3.63) is 51.8 Å². The number of amides is 1. The maximum atomic E-state index is 12.4. The second-order valence-electron chi connectivity index (χ2n) is 6.27. The molecule has 0 bridgehead atoms. The highest BCUT2D eigenvalue weighted by atomic mass is 32.2. The normalized spacial score (nSPS) is 13.0. The van der Waals surface area contributed by atoms with E-state index in [4.69, 9.17) is 0 Å². The Bertz CT molecular complexity index is 982. The largest absolute Gasteiger partial charge is 0.493 e. The molecule has 0 unspecified atom stereocenters. The molecule has 2 aromatic rings. The van der Waals surface area contributed by atoms with Gasteiger partial charge < -0.3 is 20.3 Å². The SMILES string of the molecule is CN(C)CCSc1nc(O)c(C(=O)Nc2ccc(C3=CCN=N3)cc2)c(=O)[nH]1. The average Bonchev–Trinajstić information content (AvgIpc) is 3.16. The fraction of sp³-hybridized carbons (Fsp3) is 0.278. The van der Waals surface area contributed by atoms with Gasteiger partial charge >= 0.3 is 0 Å². The van der Waals surface area contributed by atoms with Gasteiger partial charge in [-0.05, 0) is 32.3 Å². The Morgan fingerprint density at radius 1 is 1.32 bits per heavy atom. The second kappa shape index (κ2) is 8.81. The number of aromatic amines is 1. The number of aromatic hydroxyl groups is 1. The van der Waals surface area contributed by atoms with Crippen molar-refractivity contribution in [1.29, 1.82) is 0 Å². The number of benzene rings is 1. The molecule has 1 aromatic heterocycles. The third-order valence-corrected chi connectivity index (χ3v) is 4.72. The van der Waals surface area contributed by atoms with Crippen molar-refractivity contribution in [2.24, 2.45) is 10.2 Å². The van der Waals surface area contributed by atoms with Crippen molar-refractivity contribution < 1.29 is 9.90 Å². The van der Waals surface area contributed by atoms with Crippen molar-refractivity contribution in [3.8, 4) is 5.88 Å². The van der Waals surface area contributed by atoms with E-state index in [0.717, 1.165) is 17.8 Å². The Kier molecular flexibility index (Phi) is 6.22. The van der Waals surface area contributed by atoms with Crippen LogP contribution in [0.15, 0.2) is 50.5 Å². The molecule has 0 radical (unpaired) electrons. The summed E-state index contributed by atoms with van der Waals surface area (Å²) in [6.45, 7) is 1.35. The Hall–Kier alpha value is -2.98. The van der Waals surface area contributed by atoms with E-state index >= 15 is 0 Å². The van der Waals surface area contributed by atoms with E-state index in [1.165, 1.54) is 11.8 Å². The monoisotopic (exact) mass is 400 g/mol. The van der Waals surface area contributed by atoms with Crippen LogP contribution in [0, 0.1) is 0 Å². The Morgan fingerprint density at radius 3 is 2.68 bits per heavy atom.